The maximum absolute atomic E-state index is 12.6. The smallest absolute Gasteiger partial charge is 0.264 e. The number of halogens is 1. The average molecular weight is 473 g/mol. The molecule has 0 atom stereocenters. The van der Waals surface area contributed by atoms with Gasteiger partial charge in [0.1, 0.15) is 5.15 Å². The number of aryl methyl sites for hydroxylation is 2. The number of nitrogens with zero attached hydrogens (tertiary/aromatic N) is 5. The van der Waals surface area contributed by atoms with Gasteiger partial charge in [0.25, 0.3) is 5.91 Å². The third kappa shape index (κ3) is 4.23. The Balaban J connectivity index is 1.21. The van der Waals surface area contributed by atoms with Crippen molar-refractivity contribution in [1.29, 1.82) is 0 Å². The van der Waals surface area contributed by atoms with E-state index in [1.165, 1.54) is 37.6 Å². The summed E-state index contributed by atoms with van der Waals surface area (Å²) >= 11 is 7.51. The standard InChI is InChI=1S/C22H25ClN6O2S/c1-13-18(11-28(2)25-13)32-27-22(30)16-7-8-19(24-21(16)23)29-10-9-20(26-29)31-12-17-14-3-4-15(17)6-5-14/h7-11,14-15,17H,3-6,12H2,1-2H3,(H,27,30). The second kappa shape index (κ2) is 8.78. The number of fused-ring (bicyclic) bond motifs is 2. The normalized spacial score (nSPS) is 21.8. The molecule has 2 saturated carbocycles. The lowest BCUT2D eigenvalue weighted by atomic mass is 9.99. The SMILES string of the molecule is Cc1nn(C)cc1SNC(=O)c1ccc(-n2ccc(OCC3C4CCC3CC4)n2)nc1Cl. The second-order valence-corrected chi connectivity index (χ2v) is 9.75. The molecule has 2 aliphatic carbocycles. The Kier molecular flexibility index (Phi) is 5.86. The lowest BCUT2D eigenvalue weighted by Gasteiger charge is -2.14. The van der Waals surface area contributed by atoms with Crippen LogP contribution >= 0.6 is 23.5 Å². The average Bonchev–Trinajstić information content (AvgIpc) is 3.55. The van der Waals surface area contributed by atoms with Crippen molar-refractivity contribution in [1.82, 2.24) is 29.3 Å². The van der Waals surface area contributed by atoms with E-state index in [4.69, 9.17) is 16.3 Å². The summed E-state index contributed by atoms with van der Waals surface area (Å²) in [5.74, 6) is 3.09. The Hall–Kier alpha value is -2.52. The van der Waals surface area contributed by atoms with Gasteiger partial charge in [-0.3, -0.25) is 14.2 Å². The predicted molar refractivity (Wildman–Crippen MR) is 122 cm³/mol. The molecular weight excluding hydrogens is 448 g/mol. The molecule has 2 bridgehead atoms. The molecule has 1 N–H and O–H groups in total. The highest BCUT2D eigenvalue weighted by Gasteiger charge is 2.41. The van der Waals surface area contributed by atoms with Crippen LogP contribution < -0.4 is 9.46 Å². The van der Waals surface area contributed by atoms with Gasteiger partial charge in [0, 0.05) is 25.5 Å². The largest absolute Gasteiger partial charge is 0.476 e. The number of carbonyl (C=O) groups excluding carboxylic acids is 1. The van der Waals surface area contributed by atoms with Crippen LogP contribution in [0.25, 0.3) is 5.82 Å². The first-order valence-corrected chi connectivity index (χ1v) is 12.0. The number of rotatable bonds is 7. The number of amides is 1. The van der Waals surface area contributed by atoms with Gasteiger partial charge in [-0.15, -0.1) is 5.10 Å². The van der Waals surface area contributed by atoms with Gasteiger partial charge in [-0.1, -0.05) is 11.6 Å². The molecule has 10 heteroatoms. The molecule has 2 aliphatic rings. The molecule has 1 amide bonds. The highest BCUT2D eigenvalue weighted by atomic mass is 35.5. The molecule has 0 aliphatic heterocycles. The number of ether oxygens (including phenoxy) is 1. The van der Waals surface area contributed by atoms with Crippen LogP contribution in [0.1, 0.15) is 41.7 Å². The number of hydrogen-bond donors (Lipinski definition) is 1. The third-order valence-electron chi connectivity index (χ3n) is 6.55. The van der Waals surface area contributed by atoms with Crippen LogP contribution in [0.4, 0.5) is 0 Å². The number of aromatic nitrogens is 5. The van der Waals surface area contributed by atoms with E-state index in [1.54, 1.807) is 27.7 Å². The molecule has 3 heterocycles. The van der Waals surface area contributed by atoms with Crippen LogP contribution in [-0.4, -0.2) is 37.1 Å². The monoisotopic (exact) mass is 472 g/mol. The lowest BCUT2D eigenvalue weighted by Crippen LogP contribution is -2.17. The van der Waals surface area contributed by atoms with Crippen LogP contribution in [0.5, 0.6) is 5.88 Å². The number of hydrogen-bond acceptors (Lipinski definition) is 6. The van der Waals surface area contributed by atoms with E-state index >= 15 is 0 Å². The quantitative estimate of drug-likeness (QED) is 0.409. The molecule has 32 heavy (non-hydrogen) atoms. The maximum atomic E-state index is 12.6. The van der Waals surface area contributed by atoms with Gasteiger partial charge in [-0.25, -0.2) is 9.67 Å². The fourth-order valence-corrected chi connectivity index (χ4v) is 5.85. The van der Waals surface area contributed by atoms with Gasteiger partial charge in [0.2, 0.25) is 5.88 Å². The molecule has 3 aromatic heterocycles. The van der Waals surface area contributed by atoms with E-state index in [9.17, 15) is 4.79 Å². The van der Waals surface area contributed by atoms with E-state index in [2.05, 4.69) is 19.9 Å². The van der Waals surface area contributed by atoms with Crippen molar-refractivity contribution in [2.24, 2.45) is 24.8 Å². The van der Waals surface area contributed by atoms with Gasteiger partial charge < -0.3 is 4.74 Å². The van der Waals surface area contributed by atoms with Crippen LogP contribution in [0.3, 0.4) is 0 Å². The summed E-state index contributed by atoms with van der Waals surface area (Å²) in [6, 6.07) is 5.20. The summed E-state index contributed by atoms with van der Waals surface area (Å²) < 4.78 is 12.1. The molecule has 5 rings (SSSR count). The van der Waals surface area contributed by atoms with Crippen LogP contribution in [0, 0.1) is 24.7 Å². The zero-order valence-electron chi connectivity index (χ0n) is 18.0. The van der Waals surface area contributed by atoms with E-state index in [-0.39, 0.29) is 11.1 Å². The summed E-state index contributed by atoms with van der Waals surface area (Å²) in [5, 5.41) is 8.85. The highest BCUT2D eigenvalue weighted by molar-refractivity contribution is 7.98. The predicted octanol–water partition coefficient (Wildman–Crippen LogP) is 4.21. The summed E-state index contributed by atoms with van der Waals surface area (Å²) in [7, 11) is 1.84. The Morgan fingerprint density at radius 3 is 2.62 bits per heavy atom. The van der Waals surface area contributed by atoms with E-state index < -0.39 is 0 Å². The van der Waals surface area contributed by atoms with Crippen molar-refractivity contribution in [3.63, 3.8) is 0 Å². The summed E-state index contributed by atoms with van der Waals surface area (Å²) in [6.45, 7) is 2.62. The first-order valence-electron chi connectivity index (χ1n) is 10.8. The van der Waals surface area contributed by atoms with Crippen molar-refractivity contribution in [2.45, 2.75) is 37.5 Å². The summed E-state index contributed by atoms with van der Waals surface area (Å²) in [4.78, 5) is 17.8. The lowest BCUT2D eigenvalue weighted by molar-refractivity contribution is 0.0984. The molecule has 3 aromatic rings. The van der Waals surface area contributed by atoms with Crippen molar-refractivity contribution in [3.8, 4) is 11.7 Å². The second-order valence-electron chi connectivity index (χ2n) is 8.54. The van der Waals surface area contributed by atoms with E-state index in [1.807, 2.05) is 26.2 Å². The van der Waals surface area contributed by atoms with Crippen molar-refractivity contribution in [3.05, 3.63) is 47.0 Å². The molecule has 168 valence electrons. The Morgan fingerprint density at radius 1 is 1.22 bits per heavy atom. The Labute approximate surface area is 195 Å². The Bertz CT molecular complexity index is 1130. The number of carbonyl (C=O) groups is 1. The molecule has 0 saturated heterocycles. The fourth-order valence-electron chi connectivity index (χ4n) is 4.91. The van der Waals surface area contributed by atoms with Gasteiger partial charge in [-0.05, 0) is 74.4 Å². The first kappa shape index (κ1) is 21.3. The van der Waals surface area contributed by atoms with Crippen molar-refractivity contribution in [2.75, 3.05) is 6.61 Å². The maximum Gasteiger partial charge on any atom is 0.264 e. The van der Waals surface area contributed by atoms with Gasteiger partial charge >= 0.3 is 0 Å². The minimum Gasteiger partial charge on any atom is -0.476 e. The molecular formula is C22H25ClN6O2S. The Morgan fingerprint density at radius 2 is 1.97 bits per heavy atom. The minimum atomic E-state index is -0.321. The van der Waals surface area contributed by atoms with Crippen molar-refractivity contribution < 1.29 is 9.53 Å². The molecule has 0 unspecified atom stereocenters. The molecule has 8 nitrogen and oxygen atoms in total. The minimum absolute atomic E-state index is 0.115. The van der Waals surface area contributed by atoms with Crippen LogP contribution in [0.15, 0.2) is 35.5 Å². The molecule has 0 spiro atoms. The third-order valence-corrected chi connectivity index (χ3v) is 7.75. The van der Waals surface area contributed by atoms with E-state index in [0.29, 0.717) is 23.2 Å². The first-order chi connectivity index (χ1) is 15.5. The molecule has 2 fully saturated rings. The van der Waals surface area contributed by atoms with Crippen LogP contribution in [-0.2, 0) is 7.05 Å². The van der Waals surface area contributed by atoms with Gasteiger partial charge in [-0.2, -0.15) is 5.10 Å². The zero-order chi connectivity index (χ0) is 22.2. The zero-order valence-corrected chi connectivity index (χ0v) is 19.6. The van der Waals surface area contributed by atoms with E-state index in [0.717, 1.165) is 29.0 Å². The molecule has 0 aromatic carbocycles. The topological polar surface area (TPSA) is 86.9 Å². The highest BCUT2D eigenvalue weighted by Crippen LogP contribution is 2.49. The van der Waals surface area contributed by atoms with Crippen LogP contribution in [0.2, 0.25) is 5.15 Å². The summed E-state index contributed by atoms with van der Waals surface area (Å²) in [6.07, 6.45) is 9.01. The van der Waals surface area contributed by atoms with Gasteiger partial charge in [0.15, 0.2) is 5.82 Å². The fraction of sp³-hybridized carbons (Fsp3) is 0.455. The van der Waals surface area contributed by atoms with Crippen molar-refractivity contribution >= 4 is 29.5 Å². The molecule has 0 radical (unpaired) electrons. The van der Waals surface area contributed by atoms with Gasteiger partial charge in [0.05, 0.1) is 22.8 Å². The number of nitrogens with one attached hydrogen (secondary N) is 1. The summed E-state index contributed by atoms with van der Waals surface area (Å²) in [5.41, 5.74) is 1.14. The number of pyridine rings is 1.